The first-order valence-electron chi connectivity index (χ1n) is 5.97. The number of fused-ring (bicyclic) bond motifs is 1. The van der Waals surface area contributed by atoms with Crippen LogP contribution >= 0.6 is 11.3 Å². The van der Waals surface area contributed by atoms with Crippen LogP contribution in [-0.4, -0.2) is 25.6 Å². The minimum absolute atomic E-state index is 0.324. The Bertz CT molecular complexity index is 736. The molecular formula is C12H12N6OS. The van der Waals surface area contributed by atoms with Crippen molar-refractivity contribution in [2.45, 2.75) is 13.5 Å². The molecule has 3 aromatic heterocycles. The van der Waals surface area contributed by atoms with E-state index in [0.29, 0.717) is 11.7 Å². The average molecular weight is 288 g/mol. The van der Waals surface area contributed by atoms with E-state index >= 15 is 0 Å². The molecule has 0 radical (unpaired) electrons. The van der Waals surface area contributed by atoms with Crippen molar-refractivity contribution >= 4 is 28.1 Å². The van der Waals surface area contributed by atoms with Gasteiger partial charge >= 0.3 is 6.03 Å². The number of carbonyl (C=O) groups excluding carboxylic acids is 1. The Morgan fingerprint density at radius 2 is 2.35 bits per heavy atom. The molecule has 0 aromatic carbocycles. The number of carbonyl (C=O) groups is 1. The van der Waals surface area contributed by atoms with Crippen LogP contribution in [0.4, 0.5) is 9.93 Å². The monoisotopic (exact) mass is 288 g/mol. The molecule has 0 bridgehead atoms. The topological polar surface area (TPSA) is 84.2 Å². The van der Waals surface area contributed by atoms with E-state index in [-0.39, 0.29) is 6.03 Å². The van der Waals surface area contributed by atoms with E-state index in [1.54, 1.807) is 5.51 Å². The van der Waals surface area contributed by atoms with Crippen LogP contribution in [0.3, 0.4) is 0 Å². The summed E-state index contributed by atoms with van der Waals surface area (Å²) < 4.78 is 1.99. The van der Waals surface area contributed by atoms with Crippen LogP contribution in [0, 0.1) is 6.92 Å². The SMILES string of the molecule is Cc1cccc2nc(CNC(=O)Nc3nncs3)cn12. The van der Waals surface area contributed by atoms with Gasteiger partial charge in [-0.25, -0.2) is 9.78 Å². The van der Waals surface area contributed by atoms with Gasteiger partial charge in [0.1, 0.15) is 11.2 Å². The van der Waals surface area contributed by atoms with Gasteiger partial charge in [-0.05, 0) is 19.1 Å². The smallest absolute Gasteiger partial charge is 0.321 e. The third-order valence-corrected chi connectivity index (χ3v) is 3.36. The van der Waals surface area contributed by atoms with Crippen molar-refractivity contribution in [2.75, 3.05) is 5.32 Å². The summed E-state index contributed by atoms with van der Waals surface area (Å²) in [6.45, 7) is 2.36. The minimum Gasteiger partial charge on any atom is -0.332 e. The Morgan fingerprint density at radius 1 is 1.45 bits per heavy atom. The molecule has 0 aliphatic rings. The van der Waals surface area contributed by atoms with E-state index < -0.39 is 0 Å². The van der Waals surface area contributed by atoms with Crippen molar-refractivity contribution in [3.8, 4) is 0 Å². The Hall–Kier alpha value is -2.48. The van der Waals surface area contributed by atoms with Crippen molar-refractivity contribution in [1.29, 1.82) is 0 Å². The highest BCUT2D eigenvalue weighted by Crippen LogP contribution is 2.09. The van der Waals surface area contributed by atoms with Crippen molar-refractivity contribution in [1.82, 2.24) is 24.9 Å². The maximum atomic E-state index is 11.6. The lowest BCUT2D eigenvalue weighted by atomic mass is 10.4. The molecule has 3 heterocycles. The molecular weight excluding hydrogens is 276 g/mol. The first-order chi connectivity index (χ1) is 9.72. The quantitative estimate of drug-likeness (QED) is 0.770. The Balaban J connectivity index is 1.65. The van der Waals surface area contributed by atoms with Crippen LogP contribution in [0.25, 0.3) is 5.65 Å². The van der Waals surface area contributed by atoms with Crippen LogP contribution in [0.5, 0.6) is 0 Å². The van der Waals surface area contributed by atoms with Gasteiger partial charge in [0, 0.05) is 11.9 Å². The molecule has 0 fully saturated rings. The number of aryl methyl sites for hydroxylation is 1. The maximum absolute atomic E-state index is 11.6. The molecule has 7 nitrogen and oxygen atoms in total. The molecule has 0 saturated heterocycles. The predicted octanol–water partition coefficient (Wildman–Crippen LogP) is 1.82. The Morgan fingerprint density at radius 3 is 3.10 bits per heavy atom. The molecule has 20 heavy (non-hydrogen) atoms. The van der Waals surface area contributed by atoms with Crippen molar-refractivity contribution in [2.24, 2.45) is 0 Å². The third kappa shape index (κ3) is 2.59. The molecule has 0 unspecified atom stereocenters. The molecule has 2 N–H and O–H groups in total. The molecule has 3 rings (SSSR count). The average Bonchev–Trinajstić information content (AvgIpc) is 3.06. The number of urea groups is 1. The van der Waals surface area contributed by atoms with Gasteiger partial charge in [0.05, 0.1) is 12.2 Å². The zero-order valence-electron chi connectivity index (χ0n) is 10.7. The summed E-state index contributed by atoms with van der Waals surface area (Å²) in [4.78, 5) is 16.1. The van der Waals surface area contributed by atoms with Gasteiger partial charge in [0.25, 0.3) is 0 Å². The van der Waals surface area contributed by atoms with Gasteiger partial charge in [0.2, 0.25) is 5.13 Å². The lowest BCUT2D eigenvalue weighted by Crippen LogP contribution is -2.28. The van der Waals surface area contributed by atoms with E-state index in [0.717, 1.165) is 17.0 Å². The van der Waals surface area contributed by atoms with Crippen LogP contribution < -0.4 is 10.6 Å². The van der Waals surface area contributed by atoms with Crippen LogP contribution in [0.2, 0.25) is 0 Å². The number of amides is 2. The minimum atomic E-state index is -0.324. The summed E-state index contributed by atoms with van der Waals surface area (Å²) in [6, 6.07) is 5.57. The van der Waals surface area contributed by atoms with E-state index in [1.807, 2.05) is 35.7 Å². The first-order valence-corrected chi connectivity index (χ1v) is 6.85. The summed E-state index contributed by atoms with van der Waals surface area (Å²) in [5, 5.41) is 13.2. The molecule has 0 atom stereocenters. The summed E-state index contributed by atoms with van der Waals surface area (Å²) >= 11 is 1.26. The van der Waals surface area contributed by atoms with Gasteiger partial charge in [-0.2, -0.15) is 0 Å². The first kappa shape index (κ1) is 12.5. The molecule has 102 valence electrons. The van der Waals surface area contributed by atoms with Gasteiger partial charge in [-0.15, -0.1) is 10.2 Å². The van der Waals surface area contributed by atoms with Crippen LogP contribution in [-0.2, 0) is 6.54 Å². The fourth-order valence-electron chi connectivity index (χ4n) is 1.82. The number of imidazole rings is 1. The summed E-state index contributed by atoms with van der Waals surface area (Å²) in [5.74, 6) is 0. The fourth-order valence-corrected chi connectivity index (χ4v) is 2.26. The fraction of sp³-hybridized carbons (Fsp3) is 0.167. The lowest BCUT2D eigenvalue weighted by molar-refractivity contribution is 0.251. The van der Waals surface area contributed by atoms with Crippen molar-refractivity contribution < 1.29 is 4.79 Å². The second kappa shape index (κ2) is 5.25. The van der Waals surface area contributed by atoms with E-state index in [1.165, 1.54) is 11.3 Å². The summed E-state index contributed by atoms with van der Waals surface area (Å²) in [6.07, 6.45) is 1.91. The van der Waals surface area contributed by atoms with Gasteiger partial charge in [-0.3, -0.25) is 5.32 Å². The van der Waals surface area contributed by atoms with Crippen molar-refractivity contribution in [3.63, 3.8) is 0 Å². The van der Waals surface area contributed by atoms with Gasteiger partial charge in [0.15, 0.2) is 0 Å². The zero-order chi connectivity index (χ0) is 13.9. The number of hydrogen-bond donors (Lipinski definition) is 2. The highest BCUT2D eigenvalue weighted by atomic mass is 32.1. The molecule has 8 heteroatoms. The highest BCUT2D eigenvalue weighted by Gasteiger charge is 2.06. The molecule has 0 saturated carbocycles. The number of nitrogens with one attached hydrogen (secondary N) is 2. The number of aromatic nitrogens is 4. The number of hydrogen-bond acceptors (Lipinski definition) is 5. The second-order valence-corrected chi connectivity index (χ2v) is 5.01. The van der Waals surface area contributed by atoms with Gasteiger partial charge < -0.3 is 9.72 Å². The van der Waals surface area contributed by atoms with Crippen molar-refractivity contribution in [3.05, 3.63) is 41.3 Å². The molecule has 0 aliphatic heterocycles. The summed E-state index contributed by atoms with van der Waals surface area (Å²) in [7, 11) is 0. The lowest BCUT2D eigenvalue weighted by Gasteiger charge is -2.02. The zero-order valence-corrected chi connectivity index (χ0v) is 11.5. The van der Waals surface area contributed by atoms with Crippen LogP contribution in [0.15, 0.2) is 29.9 Å². The predicted molar refractivity (Wildman–Crippen MR) is 75.7 cm³/mol. The van der Waals surface area contributed by atoms with E-state index in [4.69, 9.17) is 0 Å². The van der Waals surface area contributed by atoms with E-state index in [2.05, 4.69) is 25.8 Å². The summed E-state index contributed by atoms with van der Waals surface area (Å²) in [5.41, 5.74) is 4.32. The molecule has 0 spiro atoms. The third-order valence-electron chi connectivity index (χ3n) is 2.76. The molecule has 0 aliphatic carbocycles. The number of nitrogens with zero attached hydrogens (tertiary/aromatic N) is 4. The normalized spacial score (nSPS) is 10.7. The van der Waals surface area contributed by atoms with E-state index in [9.17, 15) is 4.79 Å². The Kier molecular flexibility index (Phi) is 3.30. The maximum Gasteiger partial charge on any atom is 0.321 e. The largest absolute Gasteiger partial charge is 0.332 e. The standard InChI is InChI=1S/C12H12N6OS/c1-8-3-2-4-10-15-9(6-18(8)10)5-13-11(19)16-12-17-14-7-20-12/h2-4,6-7H,5H2,1H3,(H2,13,16,17,19). The second-order valence-electron chi connectivity index (χ2n) is 4.18. The molecule has 3 aromatic rings. The van der Waals surface area contributed by atoms with Crippen LogP contribution in [0.1, 0.15) is 11.4 Å². The molecule has 2 amide bonds. The number of rotatable bonds is 3. The number of anilines is 1. The highest BCUT2D eigenvalue weighted by molar-refractivity contribution is 7.13. The number of pyridine rings is 1. The Labute approximate surface area is 118 Å². The van der Waals surface area contributed by atoms with Gasteiger partial charge in [-0.1, -0.05) is 17.4 Å².